The van der Waals surface area contributed by atoms with Crippen LogP contribution >= 0.6 is 11.6 Å². The Hall–Kier alpha value is -3.04. The van der Waals surface area contributed by atoms with E-state index in [1.165, 1.54) is 31.4 Å². The Morgan fingerprint density at radius 1 is 1.10 bits per heavy atom. The van der Waals surface area contributed by atoms with Crippen molar-refractivity contribution in [3.8, 4) is 5.75 Å². The van der Waals surface area contributed by atoms with Crippen molar-refractivity contribution in [1.82, 2.24) is 10.6 Å². The van der Waals surface area contributed by atoms with E-state index in [0.717, 1.165) is 0 Å². The van der Waals surface area contributed by atoms with E-state index in [-0.39, 0.29) is 16.2 Å². The number of rotatable bonds is 7. The van der Waals surface area contributed by atoms with Crippen LogP contribution in [0.25, 0.3) is 0 Å². The number of methoxy groups -OCH3 is 1. The molecule has 1 heterocycles. The maximum absolute atomic E-state index is 12.9. The standard InChI is InChI=1S/C21H21ClN2O6S/c1-3-30-15-8-4-13(5-9-15)19-18(20(25)29-2)17(23-21(26)24-19)12-31(27,28)16-10-6-14(22)7-11-16/h4-11,19H,3,12H2,1-2H3,(H2,23,24,26)/t19-/m0/s1. The van der Waals surface area contributed by atoms with E-state index in [9.17, 15) is 18.0 Å². The summed E-state index contributed by atoms with van der Waals surface area (Å²) in [5.41, 5.74) is 0.522. The number of carbonyl (C=O) groups excluding carboxylic acids is 2. The van der Waals surface area contributed by atoms with Crippen LogP contribution in [0.15, 0.2) is 64.7 Å². The Kier molecular flexibility index (Phi) is 6.87. The normalized spacial score (nSPS) is 16.4. The smallest absolute Gasteiger partial charge is 0.338 e. The molecule has 1 atom stereocenters. The minimum Gasteiger partial charge on any atom is -0.494 e. The SMILES string of the molecule is CCOc1ccc([C@@H]2NC(=O)NC(CS(=O)(=O)c3ccc(Cl)cc3)=C2C(=O)OC)cc1. The summed E-state index contributed by atoms with van der Waals surface area (Å²) in [5.74, 6) is -0.728. The van der Waals surface area contributed by atoms with Crippen LogP contribution in [-0.2, 0) is 19.4 Å². The lowest BCUT2D eigenvalue weighted by Crippen LogP contribution is -2.47. The van der Waals surface area contributed by atoms with Gasteiger partial charge in [-0.15, -0.1) is 0 Å². The number of hydrogen-bond donors (Lipinski definition) is 2. The number of ether oxygens (including phenoxy) is 2. The highest BCUT2D eigenvalue weighted by Crippen LogP contribution is 2.30. The Morgan fingerprint density at radius 3 is 2.32 bits per heavy atom. The third-order valence-corrected chi connectivity index (χ3v) is 6.50. The van der Waals surface area contributed by atoms with Crippen molar-refractivity contribution in [2.75, 3.05) is 19.5 Å². The first kappa shape index (κ1) is 22.6. The second-order valence-electron chi connectivity index (χ2n) is 6.63. The van der Waals surface area contributed by atoms with Crippen molar-refractivity contribution in [1.29, 1.82) is 0 Å². The van der Waals surface area contributed by atoms with Crippen LogP contribution in [0.2, 0.25) is 5.02 Å². The molecule has 0 saturated carbocycles. The zero-order valence-corrected chi connectivity index (χ0v) is 18.4. The first-order chi connectivity index (χ1) is 14.7. The van der Waals surface area contributed by atoms with Crippen molar-refractivity contribution < 1.29 is 27.5 Å². The maximum atomic E-state index is 12.9. The Bertz CT molecular complexity index is 1110. The Labute approximate surface area is 185 Å². The summed E-state index contributed by atoms with van der Waals surface area (Å²) in [5, 5.41) is 5.49. The van der Waals surface area contributed by atoms with Gasteiger partial charge in [-0.05, 0) is 48.9 Å². The molecule has 0 radical (unpaired) electrons. The fourth-order valence-corrected chi connectivity index (χ4v) is 4.62. The number of nitrogens with one attached hydrogen (secondary N) is 2. The van der Waals surface area contributed by atoms with E-state index < -0.39 is 33.6 Å². The van der Waals surface area contributed by atoms with Crippen LogP contribution in [0.4, 0.5) is 4.79 Å². The summed E-state index contributed by atoms with van der Waals surface area (Å²) in [6.07, 6.45) is 0. The molecule has 2 amide bonds. The highest BCUT2D eigenvalue weighted by Gasteiger charge is 2.35. The molecule has 164 valence electrons. The molecule has 0 aromatic heterocycles. The van der Waals surface area contributed by atoms with E-state index in [1.807, 2.05) is 6.92 Å². The molecule has 3 rings (SSSR count). The lowest BCUT2D eigenvalue weighted by molar-refractivity contribution is -0.136. The number of benzene rings is 2. The van der Waals surface area contributed by atoms with Gasteiger partial charge in [-0.25, -0.2) is 18.0 Å². The molecule has 0 saturated heterocycles. The second kappa shape index (κ2) is 9.40. The number of esters is 1. The van der Waals surface area contributed by atoms with E-state index in [2.05, 4.69) is 10.6 Å². The van der Waals surface area contributed by atoms with Crippen LogP contribution in [0.5, 0.6) is 5.75 Å². The number of carbonyl (C=O) groups is 2. The van der Waals surface area contributed by atoms with Crippen LogP contribution in [0.3, 0.4) is 0 Å². The quantitative estimate of drug-likeness (QED) is 0.609. The van der Waals surface area contributed by atoms with Gasteiger partial charge in [-0.2, -0.15) is 0 Å². The van der Waals surface area contributed by atoms with E-state index in [1.54, 1.807) is 24.3 Å². The van der Waals surface area contributed by atoms with Gasteiger partial charge in [0.1, 0.15) is 5.75 Å². The minimum atomic E-state index is -3.88. The first-order valence-electron chi connectivity index (χ1n) is 9.35. The molecule has 10 heteroatoms. The second-order valence-corrected chi connectivity index (χ2v) is 9.06. The molecule has 0 fully saturated rings. The van der Waals surface area contributed by atoms with Crippen molar-refractivity contribution in [2.24, 2.45) is 0 Å². The van der Waals surface area contributed by atoms with Crippen LogP contribution in [-0.4, -0.2) is 39.9 Å². The van der Waals surface area contributed by atoms with Crippen LogP contribution in [0.1, 0.15) is 18.5 Å². The molecule has 1 aliphatic rings. The summed E-state index contributed by atoms with van der Waals surface area (Å²) >= 11 is 5.83. The average molecular weight is 465 g/mol. The van der Waals surface area contributed by atoms with Gasteiger partial charge in [0.25, 0.3) is 0 Å². The summed E-state index contributed by atoms with van der Waals surface area (Å²) < 4.78 is 36.1. The number of hydrogen-bond acceptors (Lipinski definition) is 6. The Morgan fingerprint density at radius 2 is 1.74 bits per heavy atom. The summed E-state index contributed by atoms with van der Waals surface area (Å²) in [4.78, 5) is 24.9. The van der Waals surface area contributed by atoms with Crippen LogP contribution in [0, 0.1) is 0 Å². The summed E-state index contributed by atoms with van der Waals surface area (Å²) in [6, 6.07) is 10.9. The van der Waals surface area contributed by atoms with Gasteiger partial charge < -0.3 is 20.1 Å². The highest BCUT2D eigenvalue weighted by atomic mass is 35.5. The third kappa shape index (κ3) is 5.18. The summed E-state index contributed by atoms with van der Waals surface area (Å²) in [6.45, 7) is 2.34. The lowest BCUT2D eigenvalue weighted by Gasteiger charge is -2.29. The molecule has 2 aromatic carbocycles. The first-order valence-corrected chi connectivity index (χ1v) is 11.4. The molecule has 31 heavy (non-hydrogen) atoms. The number of amides is 2. The molecule has 8 nitrogen and oxygen atoms in total. The largest absolute Gasteiger partial charge is 0.494 e. The zero-order chi connectivity index (χ0) is 22.6. The monoisotopic (exact) mass is 464 g/mol. The predicted molar refractivity (Wildman–Crippen MR) is 115 cm³/mol. The molecular weight excluding hydrogens is 444 g/mol. The fraction of sp³-hybridized carbons (Fsp3) is 0.238. The van der Waals surface area contributed by atoms with Crippen molar-refractivity contribution in [3.05, 3.63) is 70.4 Å². The van der Waals surface area contributed by atoms with Gasteiger partial charge in [0, 0.05) is 10.7 Å². The molecule has 0 spiro atoms. The van der Waals surface area contributed by atoms with E-state index in [0.29, 0.717) is 22.9 Å². The van der Waals surface area contributed by atoms with Gasteiger partial charge in [-0.1, -0.05) is 23.7 Å². The topological polar surface area (TPSA) is 111 Å². The Balaban J connectivity index is 2.04. The number of urea groups is 1. The van der Waals surface area contributed by atoms with E-state index >= 15 is 0 Å². The summed E-state index contributed by atoms with van der Waals surface area (Å²) in [7, 11) is -2.69. The average Bonchev–Trinajstić information content (AvgIpc) is 2.73. The molecular formula is C21H21ClN2O6S. The number of sulfone groups is 1. The lowest BCUT2D eigenvalue weighted by atomic mass is 9.95. The maximum Gasteiger partial charge on any atom is 0.338 e. The van der Waals surface area contributed by atoms with Crippen LogP contribution < -0.4 is 15.4 Å². The molecule has 2 aromatic rings. The van der Waals surface area contributed by atoms with Crippen molar-refractivity contribution in [2.45, 2.75) is 17.9 Å². The van der Waals surface area contributed by atoms with Crippen molar-refractivity contribution in [3.63, 3.8) is 0 Å². The van der Waals surface area contributed by atoms with Crippen molar-refractivity contribution >= 4 is 33.4 Å². The molecule has 1 aliphatic heterocycles. The van der Waals surface area contributed by atoms with Gasteiger partial charge in [0.15, 0.2) is 9.84 Å². The molecule has 0 aliphatic carbocycles. The zero-order valence-electron chi connectivity index (χ0n) is 16.8. The van der Waals surface area contributed by atoms with Gasteiger partial charge >= 0.3 is 12.0 Å². The fourth-order valence-electron chi connectivity index (χ4n) is 3.17. The highest BCUT2D eigenvalue weighted by molar-refractivity contribution is 7.91. The van der Waals surface area contributed by atoms with Gasteiger partial charge in [-0.3, -0.25) is 0 Å². The van der Waals surface area contributed by atoms with E-state index in [4.69, 9.17) is 21.1 Å². The van der Waals surface area contributed by atoms with Gasteiger partial charge in [0.2, 0.25) is 0 Å². The van der Waals surface area contributed by atoms with Gasteiger partial charge in [0.05, 0.1) is 36.0 Å². The molecule has 0 bridgehead atoms. The molecule has 2 N–H and O–H groups in total. The minimum absolute atomic E-state index is 0.00352. The molecule has 0 unspecified atom stereocenters. The predicted octanol–water partition coefficient (Wildman–Crippen LogP) is 2.99. The number of halogens is 1. The third-order valence-electron chi connectivity index (χ3n) is 4.59.